The summed E-state index contributed by atoms with van der Waals surface area (Å²) in [5.74, 6) is 1.10. The Morgan fingerprint density at radius 2 is 1.96 bits per heavy atom. The van der Waals surface area contributed by atoms with Gasteiger partial charge in [0.2, 0.25) is 0 Å². The fraction of sp³-hybridized carbons (Fsp3) is 0.810. The molecule has 6 nitrogen and oxygen atoms in total. The van der Waals surface area contributed by atoms with Crippen molar-refractivity contribution in [1.29, 1.82) is 0 Å². The van der Waals surface area contributed by atoms with Crippen LogP contribution in [0.3, 0.4) is 0 Å². The third-order valence-electron chi connectivity index (χ3n) is 7.18. The number of aliphatic imine (C=N–C) groups is 1. The Morgan fingerprint density at radius 1 is 1.21 bits per heavy atom. The monoisotopic (exact) mass is 410 g/mol. The molecule has 2 bridgehead atoms. The van der Waals surface area contributed by atoms with E-state index in [1.165, 1.54) is 57.2 Å². The molecule has 5 rings (SSSR count). The van der Waals surface area contributed by atoms with Crippen LogP contribution in [0.4, 0.5) is 0 Å². The Kier molecular flexibility index (Phi) is 7.61. The van der Waals surface area contributed by atoms with E-state index in [2.05, 4.69) is 26.5 Å². The van der Waals surface area contributed by atoms with Crippen LogP contribution in [0, 0.1) is 12.8 Å². The van der Waals surface area contributed by atoms with Crippen LogP contribution in [0.5, 0.6) is 0 Å². The van der Waals surface area contributed by atoms with Gasteiger partial charge in [0.15, 0.2) is 0 Å². The first kappa shape index (κ1) is 21.8. The molecule has 0 aromatic carbocycles. The van der Waals surface area contributed by atoms with E-state index in [4.69, 9.17) is 9.73 Å². The smallest absolute Gasteiger partial charge is 0.432 e. The van der Waals surface area contributed by atoms with Crippen LogP contribution in [0.25, 0.3) is 0 Å². The SMILES string of the molecule is [C-]1=C(/C(=N\[CH-]OCC23CCCN2CCC3)N2CC3CCC(C2)N3)CCNC1.[K+]. The van der Waals surface area contributed by atoms with E-state index < -0.39 is 0 Å². The number of hydrogen-bond donors (Lipinski definition) is 2. The Morgan fingerprint density at radius 3 is 2.64 bits per heavy atom. The number of ether oxygens (including phenoxy) is 1. The summed E-state index contributed by atoms with van der Waals surface area (Å²) in [4.78, 5) is 9.98. The zero-order valence-electron chi connectivity index (χ0n) is 17.4. The molecular weight excluding hydrogens is 377 g/mol. The summed E-state index contributed by atoms with van der Waals surface area (Å²) in [5.41, 5.74) is 1.55. The van der Waals surface area contributed by atoms with E-state index in [9.17, 15) is 0 Å². The summed E-state index contributed by atoms with van der Waals surface area (Å²) in [5, 5.41) is 7.09. The molecule has 0 aromatic heterocycles. The van der Waals surface area contributed by atoms with Crippen molar-refractivity contribution in [1.82, 2.24) is 20.4 Å². The largest absolute Gasteiger partial charge is 1.00 e. The van der Waals surface area contributed by atoms with Gasteiger partial charge in [0.05, 0.1) is 6.61 Å². The number of nitrogens with one attached hydrogen (secondary N) is 2. The zero-order chi connectivity index (χ0) is 18.1. The topological polar surface area (TPSA) is 52.1 Å². The third kappa shape index (κ3) is 4.58. The predicted octanol–water partition coefficient (Wildman–Crippen LogP) is -1.69. The van der Waals surface area contributed by atoms with Gasteiger partial charge in [0.1, 0.15) is 0 Å². The normalized spacial score (nSPS) is 32.1. The number of rotatable bonds is 5. The number of nitrogens with zero attached hydrogens (tertiary/aromatic N) is 3. The quantitative estimate of drug-likeness (QED) is 0.186. The molecule has 0 aromatic rings. The molecule has 5 aliphatic rings. The van der Waals surface area contributed by atoms with Crippen LogP contribution in [0.1, 0.15) is 44.9 Å². The molecule has 7 heteroatoms. The Labute approximate surface area is 212 Å². The Hall–Kier alpha value is 0.556. The van der Waals surface area contributed by atoms with Gasteiger partial charge in [-0.1, -0.05) is 6.54 Å². The fourth-order valence-corrected chi connectivity index (χ4v) is 5.81. The van der Waals surface area contributed by atoms with Crippen LogP contribution >= 0.6 is 0 Å². The van der Waals surface area contributed by atoms with Crippen molar-refractivity contribution >= 4 is 5.84 Å². The number of fused-ring (bicyclic) bond motifs is 3. The molecule has 2 unspecified atom stereocenters. The van der Waals surface area contributed by atoms with Crippen molar-refractivity contribution in [2.75, 3.05) is 45.9 Å². The molecule has 2 N–H and O–H groups in total. The maximum absolute atomic E-state index is 6.05. The summed E-state index contributed by atoms with van der Waals surface area (Å²) in [6.45, 7) is 8.97. The van der Waals surface area contributed by atoms with Gasteiger partial charge >= 0.3 is 51.4 Å². The van der Waals surface area contributed by atoms with Crippen molar-refractivity contribution in [3.8, 4) is 0 Å². The fourth-order valence-electron chi connectivity index (χ4n) is 5.81. The molecule has 2 atom stereocenters. The van der Waals surface area contributed by atoms with Gasteiger partial charge in [-0.2, -0.15) is 5.57 Å². The van der Waals surface area contributed by atoms with E-state index in [1.807, 2.05) is 0 Å². The van der Waals surface area contributed by atoms with E-state index >= 15 is 0 Å². The average Bonchev–Trinajstić information content (AvgIpc) is 3.36. The predicted molar refractivity (Wildman–Crippen MR) is 106 cm³/mol. The van der Waals surface area contributed by atoms with Crippen LogP contribution in [-0.2, 0) is 4.74 Å². The Bertz CT molecular complexity index is 588. The maximum atomic E-state index is 6.05. The zero-order valence-corrected chi connectivity index (χ0v) is 20.5. The minimum absolute atomic E-state index is 0. The second-order valence-electron chi connectivity index (χ2n) is 8.91. The van der Waals surface area contributed by atoms with Crippen LogP contribution in [0.2, 0.25) is 0 Å². The molecule has 0 radical (unpaired) electrons. The van der Waals surface area contributed by atoms with Crippen molar-refractivity contribution in [3.05, 3.63) is 18.4 Å². The van der Waals surface area contributed by atoms with Crippen molar-refractivity contribution in [2.45, 2.75) is 62.6 Å². The number of piperazine rings is 1. The van der Waals surface area contributed by atoms with Crippen LogP contribution < -0.4 is 62.0 Å². The average molecular weight is 411 g/mol. The molecule has 5 aliphatic heterocycles. The van der Waals surface area contributed by atoms with Gasteiger partial charge in [-0.3, -0.25) is 11.0 Å². The molecule has 28 heavy (non-hydrogen) atoms. The summed E-state index contributed by atoms with van der Waals surface area (Å²) in [6.07, 6.45) is 12.3. The molecule has 4 saturated heterocycles. The summed E-state index contributed by atoms with van der Waals surface area (Å²) >= 11 is 0. The van der Waals surface area contributed by atoms with Gasteiger partial charge < -0.3 is 25.3 Å². The molecular formula is C21H33KN5O-. The minimum Gasteiger partial charge on any atom is -0.432 e. The van der Waals surface area contributed by atoms with Crippen LogP contribution in [0.15, 0.2) is 10.6 Å². The molecule has 150 valence electrons. The van der Waals surface area contributed by atoms with Crippen molar-refractivity contribution in [2.24, 2.45) is 4.99 Å². The van der Waals surface area contributed by atoms with Crippen molar-refractivity contribution < 1.29 is 56.1 Å². The second kappa shape index (κ2) is 9.79. The standard InChI is InChI=1S/C21H33N5O.K/c1-7-21(8-2-12-26(21)11-1)15-27-16-23-20(17-5-9-22-10-6-17)25-13-18-3-4-19(14-25)24-18;/h16,18-19,22,24H,1-5,7-15H2;/q-2;+1/b23-20+;. The van der Waals surface area contributed by atoms with Gasteiger partial charge in [-0.15, -0.1) is 0 Å². The van der Waals surface area contributed by atoms with Crippen LogP contribution in [-0.4, -0.2) is 79.1 Å². The van der Waals surface area contributed by atoms with Gasteiger partial charge in [0, 0.05) is 30.7 Å². The number of amidine groups is 1. The first-order valence-electron chi connectivity index (χ1n) is 10.9. The van der Waals surface area contributed by atoms with E-state index in [-0.39, 0.29) is 51.4 Å². The molecule has 0 saturated carbocycles. The maximum Gasteiger partial charge on any atom is 1.00 e. The molecule has 0 aliphatic carbocycles. The minimum atomic E-state index is 0. The second-order valence-corrected chi connectivity index (χ2v) is 8.91. The van der Waals surface area contributed by atoms with Gasteiger partial charge in [-0.25, -0.2) is 0 Å². The number of hydrogen-bond acceptors (Lipinski definition) is 5. The summed E-state index contributed by atoms with van der Waals surface area (Å²) in [6, 6.07) is 1.23. The number of likely N-dealkylation sites (tertiary alicyclic amines) is 1. The molecule has 5 heterocycles. The summed E-state index contributed by atoms with van der Waals surface area (Å²) < 4.78 is 6.05. The molecule has 0 amide bonds. The van der Waals surface area contributed by atoms with Gasteiger partial charge in [-0.05, 0) is 77.1 Å². The first-order chi connectivity index (χ1) is 13.3. The first-order valence-corrected chi connectivity index (χ1v) is 10.9. The van der Waals surface area contributed by atoms with E-state index in [1.54, 1.807) is 6.73 Å². The van der Waals surface area contributed by atoms with Crippen molar-refractivity contribution in [3.63, 3.8) is 0 Å². The van der Waals surface area contributed by atoms with Gasteiger partial charge in [0.25, 0.3) is 0 Å². The molecule has 4 fully saturated rings. The van der Waals surface area contributed by atoms with E-state index in [0.717, 1.165) is 45.0 Å². The summed E-state index contributed by atoms with van der Waals surface area (Å²) in [7, 11) is 0. The molecule has 0 spiro atoms. The van der Waals surface area contributed by atoms with E-state index in [0.29, 0.717) is 17.6 Å². The Balaban J connectivity index is 0.00000192. The third-order valence-corrected chi connectivity index (χ3v) is 7.18.